The van der Waals surface area contributed by atoms with Crippen LogP contribution in [0.2, 0.25) is 0 Å². The van der Waals surface area contributed by atoms with Crippen molar-refractivity contribution in [3.05, 3.63) is 60.4 Å². The number of aromatic nitrogens is 2. The highest BCUT2D eigenvalue weighted by atomic mass is 16.5. The number of phenolic OH excluding ortho intramolecular Hbond substituents is 1. The van der Waals surface area contributed by atoms with Crippen LogP contribution in [0.4, 0.5) is 11.5 Å². The molecule has 0 amide bonds. The van der Waals surface area contributed by atoms with Crippen molar-refractivity contribution in [3.8, 4) is 22.8 Å². The Morgan fingerprint density at radius 2 is 1.77 bits per heavy atom. The molecular formula is C25H32N4O2. The quantitative estimate of drug-likeness (QED) is 0.441. The van der Waals surface area contributed by atoms with Crippen molar-refractivity contribution in [2.75, 3.05) is 30.4 Å². The molecule has 0 saturated carbocycles. The molecule has 1 atom stereocenters. The fourth-order valence-electron chi connectivity index (χ4n) is 3.71. The van der Waals surface area contributed by atoms with Crippen LogP contribution in [0.3, 0.4) is 0 Å². The van der Waals surface area contributed by atoms with E-state index in [-0.39, 0.29) is 11.8 Å². The van der Waals surface area contributed by atoms with Gasteiger partial charge in [0.15, 0.2) is 11.5 Å². The van der Waals surface area contributed by atoms with Gasteiger partial charge in [-0.1, -0.05) is 25.5 Å². The molecular weight excluding hydrogens is 388 g/mol. The van der Waals surface area contributed by atoms with Crippen LogP contribution in [-0.2, 0) is 0 Å². The van der Waals surface area contributed by atoms with Crippen LogP contribution in [0.1, 0.15) is 45.2 Å². The third-order valence-electron chi connectivity index (χ3n) is 5.43. The van der Waals surface area contributed by atoms with E-state index in [1.54, 1.807) is 30.6 Å². The zero-order valence-corrected chi connectivity index (χ0v) is 18.8. The van der Waals surface area contributed by atoms with E-state index in [0.29, 0.717) is 5.75 Å². The summed E-state index contributed by atoms with van der Waals surface area (Å²) in [6.07, 6.45) is 5.50. The van der Waals surface area contributed by atoms with Crippen LogP contribution in [0.15, 0.2) is 54.9 Å². The number of ether oxygens (including phenoxy) is 1. The third-order valence-corrected chi connectivity index (χ3v) is 5.43. The Morgan fingerprint density at radius 1 is 1.03 bits per heavy atom. The van der Waals surface area contributed by atoms with Crippen LogP contribution in [0, 0.1) is 0 Å². The number of anilines is 2. The largest absolute Gasteiger partial charge is 0.504 e. The van der Waals surface area contributed by atoms with Crippen molar-refractivity contribution in [1.82, 2.24) is 9.97 Å². The second-order valence-electron chi connectivity index (χ2n) is 7.43. The highest BCUT2D eigenvalue weighted by molar-refractivity contribution is 5.64. The Bertz CT molecular complexity index is 972. The Balaban J connectivity index is 1.83. The average molecular weight is 421 g/mol. The highest BCUT2D eigenvalue weighted by Gasteiger charge is 2.14. The van der Waals surface area contributed by atoms with E-state index in [4.69, 9.17) is 9.72 Å². The molecule has 1 heterocycles. The number of nitrogens with one attached hydrogen (secondary N) is 1. The smallest absolute Gasteiger partial charge is 0.161 e. The lowest BCUT2D eigenvalue weighted by Gasteiger charge is -2.23. The van der Waals surface area contributed by atoms with Crippen molar-refractivity contribution in [1.29, 1.82) is 0 Å². The maximum absolute atomic E-state index is 9.85. The minimum Gasteiger partial charge on any atom is -0.504 e. The summed E-state index contributed by atoms with van der Waals surface area (Å²) in [5.74, 6) is 1.23. The molecule has 2 N–H and O–H groups in total. The van der Waals surface area contributed by atoms with Gasteiger partial charge in [0.05, 0.1) is 31.2 Å². The van der Waals surface area contributed by atoms with E-state index in [1.165, 1.54) is 18.4 Å². The van der Waals surface area contributed by atoms with Crippen LogP contribution in [-0.4, -0.2) is 35.3 Å². The minimum atomic E-state index is 0.102. The summed E-state index contributed by atoms with van der Waals surface area (Å²) in [7, 11) is 1.53. The van der Waals surface area contributed by atoms with Crippen LogP contribution < -0.4 is 15.0 Å². The highest BCUT2D eigenvalue weighted by Crippen LogP contribution is 2.31. The molecule has 31 heavy (non-hydrogen) atoms. The van der Waals surface area contributed by atoms with Crippen LogP contribution >= 0.6 is 0 Å². The van der Waals surface area contributed by atoms with E-state index in [2.05, 4.69) is 60.2 Å². The first-order valence-electron chi connectivity index (χ1n) is 10.9. The minimum absolute atomic E-state index is 0.102. The van der Waals surface area contributed by atoms with Gasteiger partial charge in [0.25, 0.3) is 0 Å². The maximum atomic E-state index is 9.85. The Hall–Kier alpha value is -3.28. The van der Waals surface area contributed by atoms with Gasteiger partial charge in [-0.3, -0.25) is 4.98 Å². The first-order chi connectivity index (χ1) is 15.1. The van der Waals surface area contributed by atoms with Crippen molar-refractivity contribution >= 4 is 11.5 Å². The van der Waals surface area contributed by atoms with Crippen molar-refractivity contribution in [3.63, 3.8) is 0 Å². The van der Waals surface area contributed by atoms with E-state index in [1.807, 2.05) is 0 Å². The summed E-state index contributed by atoms with van der Waals surface area (Å²) < 4.78 is 5.22. The van der Waals surface area contributed by atoms with Gasteiger partial charge >= 0.3 is 0 Å². The molecule has 3 rings (SSSR count). The van der Waals surface area contributed by atoms with E-state index in [9.17, 15) is 5.11 Å². The summed E-state index contributed by atoms with van der Waals surface area (Å²) >= 11 is 0. The lowest BCUT2D eigenvalue weighted by molar-refractivity contribution is 0.373. The van der Waals surface area contributed by atoms with Crippen LogP contribution in [0.5, 0.6) is 11.5 Å². The zero-order valence-electron chi connectivity index (χ0n) is 18.8. The van der Waals surface area contributed by atoms with Crippen molar-refractivity contribution < 1.29 is 9.84 Å². The molecule has 0 fully saturated rings. The van der Waals surface area contributed by atoms with E-state index >= 15 is 0 Å². The standard InChI is InChI=1S/C25H32N4O2/c1-5-8-21(18-9-12-20(13-10-18)29(6-2)7-3)27-25-17-26-16-22(28-25)19-11-14-23(30)24(15-19)31-4/h9-17,21,30H,5-8H2,1-4H3,(H,27,28). The molecule has 0 bridgehead atoms. The van der Waals surface area contributed by atoms with Crippen molar-refractivity contribution in [2.45, 2.75) is 39.7 Å². The topological polar surface area (TPSA) is 70.5 Å². The van der Waals surface area contributed by atoms with Gasteiger partial charge in [0.1, 0.15) is 5.82 Å². The van der Waals surface area contributed by atoms with E-state index in [0.717, 1.165) is 43.0 Å². The molecule has 0 saturated heterocycles. The number of phenols is 1. The number of hydrogen-bond acceptors (Lipinski definition) is 6. The van der Waals surface area contributed by atoms with Gasteiger partial charge in [-0.2, -0.15) is 0 Å². The lowest BCUT2D eigenvalue weighted by atomic mass is 10.0. The maximum Gasteiger partial charge on any atom is 0.161 e. The Morgan fingerprint density at radius 3 is 2.42 bits per heavy atom. The van der Waals surface area contributed by atoms with Gasteiger partial charge in [0.2, 0.25) is 0 Å². The first-order valence-corrected chi connectivity index (χ1v) is 10.9. The summed E-state index contributed by atoms with van der Waals surface area (Å²) in [4.78, 5) is 11.5. The summed E-state index contributed by atoms with van der Waals surface area (Å²) in [5, 5.41) is 13.4. The normalized spacial score (nSPS) is 11.7. The second kappa shape index (κ2) is 10.7. The zero-order chi connectivity index (χ0) is 22.2. The number of rotatable bonds is 10. The fraction of sp³-hybridized carbons (Fsp3) is 0.360. The van der Waals surface area contributed by atoms with E-state index < -0.39 is 0 Å². The molecule has 164 valence electrons. The molecule has 6 heteroatoms. The van der Waals surface area contributed by atoms with Crippen LogP contribution in [0.25, 0.3) is 11.3 Å². The monoisotopic (exact) mass is 420 g/mol. The molecule has 0 aliphatic rings. The molecule has 0 aliphatic heterocycles. The molecule has 2 aromatic carbocycles. The first kappa shape index (κ1) is 22.4. The molecule has 0 aliphatic carbocycles. The van der Waals surface area contributed by atoms with Gasteiger partial charge in [0, 0.05) is 24.3 Å². The molecule has 0 radical (unpaired) electrons. The summed E-state index contributed by atoms with van der Waals surface area (Å²) in [5.41, 5.74) is 4.03. The Labute approximate surface area is 184 Å². The SMILES string of the molecule is CCCC(Nc1cncc(-c2ccc(O)c(OC)c2)n1)c1ccc(N(CC)CC)cc1. The summed E-state index contributed by atoms with van der Waals surface area (Å²) in [6.45, 7) is 8.53. The molecule has 6 nitrogen and oxygen atoms in total. The number of aromatic hydroxyl groups is 1. The predicted molar refractivity (Wildman–Crippen MR) is 127 cm³/mol. The number of benzene rings is 2. The van der Waals surface area contributed by atoms with Gasteiger partial charge in [-0.25, -0.2) is 4.98 Å². The Kier molecular flexibility index (Phi) is 7.70. The predicted octanol–water partition coefficient (Wildman–Crippen LogP) is 5.66. The average Bonchev–Trinajstić information content (AvgIpc) is 2.80. The number of methoxy groups -OCH3 is 1. The van der Waals surface area contributed by atoms with Gasteiger partial charge < -0.3 is 20.1 Å². The molecule has 1 aromatic heterocycles. The lowest BCUT2D eigenvalue weighted by Crippen LogP contribution is -2.21. The summed E-state index contributed by atoms with van der Waals surface area (Å²) in [6, 6.07) is 14.1. The van der Waals surface area contributed by atoms with Gasteiger partial charge in [-0.05, 0) is 56.2 Å². The number of hydrogen-bond donors (Lipinski definition) is 2. The van der Waals surface area contributed by atoms with Crippen molar-refractivity contribution in [2.24, 2.45) is 0 Å². The molecule has 1 unspecified atom stereocenters. The number of nitrogens with zero attached hydrogens (tertiary/aromatic N) is 3. The second-order valence-corrected chi connectivity index (χ2v) is 7.43. The third kappa shape index (κ3) is 5.45. The molecule has 0 spiro atoms. The van der Waals surface area contributed by atoms with Gasteiger partial charge in [-0.15, -0.1) is 0 Å². The fourth-order valence-corrected chi connectivity index (χ4v) is 3.71. The molecule has 3 aromatic rings.